The van der Waals surface area contributed by atoms with E-state index in [1.165, 1.54) is 0 Å². The van der Waals surface area contributed by atoms with Gasteiger partial charge in [0.15, 0.2) is 0 Å². The number of ether oxygens (including phenoxy) is 2. The van der Waals surface area contributed by atoms with Crippen molar-refractivity contribution < 1.29 is 44.2 Å². The number of anilines is 4. The van der Waals surface area contributed by atoms with Crippen LogP contribution in [0.25, 0.3) is 99.6 Å². The van der Waals surface area contributed by atoms with Crippen LogP contribution in [0.5, 0.6) is 23.0 Å². The van der Waals surface area contributed by atoms with Gasteiger partial charge in [0.2, 0.25) is 0 Å². The van der Waals surface area contributed by atoms with Gasteiger partial charge in [-0.25, -0.2) is 4.98 Å². The second-order valence-corrected chi connectivity index (χ2v) is 20.4. The number of rotatable bonds is 12. The molecule has 0 fully saturated rings. The van der Waals surface area contributed by atoms with E-state index in [0.29, 0.717) is 51.4 Å². The van der Waals surface area contributed by atoms with E-state index in [1.54, 1.807) is 42.0 Å². The smallest absolute Gasteiger partial charge is 0.143 e. The Bertz CT molecular complexity index is 5400. The van der Waals surface area contributed by atoms with Crippen molar-refractivity contribution in [2.24, 2.45) is 0 Å². The van der Waals surface area contributed by atoms with Crippen molar-refractivity contribution in [3.05, 3.63) is 316 Å². The molecule has 1 aliphatic rings. The Morgan fingerprint density at radius 2 is 0.965 bits per heavy atom. The van der Waals surface area contributed by atoms with E-state index in [4.69, 9.17) is 28.2 Å². The first kappa shape index (κ1) is 42.1. The Labute approximate surface area is 526 Å². The van der Waals surface area contributed by atoms with E-state index >= 15 is 0 Å². The van der Waals surface area contributed by atoms with Crippen LogP contribution in [-0.2, 0) is 21.1 Å². The minimum atomic E-state index is -0.577. The van der Waals surface area contributed by atoms with Crippen molar-refractivity contribution in [2.45, 2.75) is 0 Å². The predicted molar refractivity (Wildman–Crippen MR) is 347 cm³/mol. The summed E-state index contributed by atoms with van der Waals surface area (Å²) >= 11 is 0. The second-order valence-electron chi connectivity index (χ2n) is 20.4. The van der Waals surface area contributed by atoms with Gasteiger partial charge in [-0.2, -0.15) is 12.1 Å². The van der Waals surface area contributed by atoms with Crippen LogP contribution < -0.4 is 19.3 Å². The molecule has 4 heterocycles. The molecule has 0 N–H and O–H groups in total. The van der Waals surface area contributed by atoms with Crippen LogP contribution in [0, 0.1) is 18.8 Å². The molecule has 0 unspecified atom stereocenters. The van der Waals surface area contributed by atoms with Crippen LogP contribution in [0.3, 0.4) is 0 Å². The van der Waals surface area contributed by atoms with Gasteiger partial charge in [-0.15, -0.1) is 48.1 Å². The van der Waals surface area contributed by atoms with E-state index < -0.39 is 60.4 Å². The van der Waals surface area contributed by atoms with Gasteiger partial charge in [0.1, 0.15) is 17.3 Å². The third kappa shape index (κ3) is 9.17. The molecule has 0 spiro atoms. The van der Waals surface area contributed by atoms with E-state index in [1.807, 2.05) is 102 Å². The summed E-state index contributed by atoms with van der Waals surface area (Å²) in [7, 11) is 0. The minimum absolute atomic E-state index is 0. The predicted octanol–water partition coefficient (Wildman–Crippen LogP) is 20.5. The molecule has 16 rings (SSSR count). The first-order chi connectivity index (χ1) is 46.3. The van der Waals surface area contributed by atoms with Crippen molar-refractivity contribution in [2.75, 3.05) is 9.80 Å². The van der Waals surface area contributed by atoms with E-state index in [9.17, 15) is 0 Å². The van der Waals surface area contributed by atoms with E-state index in [2.05, 4.69) is 130 Å². The van der Waals surface area contributed by atoms with Gasteiger partial charge in [-0.3, -0.25) is 0 Å². The summed E-state index contributed by atoms with van der Waals surface area (Å²) in [5.41, 5.74) is 10.5. The zero-order valence-corrected chi connectivity index (χ0v) is 47.7. The largest absolute Gasteiger partial charge is 0.509 e. The molecule has 15 aromatic rings. The summed E-state index contributed by atoms with van der Waals surface area (Å²) in [6.07, 6.45) is 1.75. The Kier molecular flexibility index (Phi) is 10.8. The summed E-state index contributed by atoms with van der Waals surface area (Å²) in [4.78, 5) is 8.65. The molecular formula is C78H50N5O2Pt-3. The molecule has 0 saturated carbocycles. The molecule has 7 nitrogen and oxygen atoms in total. The average Bonchev–Trinajstić information content (AvgIpc) is 1.47. The number of fused-ring (bicyclic) bond motifs is 7. The maximum absolute atomic E-state index is 9.15. The van der Waals surface area contributed by atoms with Crippen molar-refractivity contribution in [3.8, 4) is 79.0 Å². The number of hydrogen-bond donors (Lipinski definition) is 0. The number of pyridine rings is 1. The standard InChI is InChI=1S/C78H50N5O2.Pt/c1-5-22-53(23-6-1)62-34-20-35-63(54-24-7-2-8-25-54)77(62)81-52-80(73-40-17-18-41-74(73)81)57-30-19-31-59(48-57)84-60-43-44-68-69-49-58(82-70-38-15-13-32-66(70)67-33-14-16-39-71(67)82)42-45-72(69)83(75(68)50-60)76-51-61(46-47-79-76)85-78-64(55-26-9-3-10-27-55)36-21-37-65(78)56-28-11-4-12-29-56;/h1-47,49,51-52H;/q-3;/i1D,2D,5D,6D,7D,8D,22D,23D,24D,25D;. The maximum atomic E-state index is 9.15. The Hall–Kier alpha value is -10.7. The Morgan fingerprint density at radius 1 is 0.407 bits per heavy atom. The quantitative estimate of drug-likeness (QED) is 0.114. The third-order valence-electron chi connectivity index (χ3n) is 15.5. The SMILES string of the molecule is [2H]c1c([2H])c([2H])c(-c2cccc(-c3c([2H])c([2H])c([2H])c([2H])c3[2H])c2N2[CH-]N(c3[c-]c(Oc4[c-]c5c(cc4)c4cc(-n6c7ccccc7c7ccccc76)ccc4n5-c4cc(Oc5c(-c6ccccc6)cccc5-c5ccccc5)ccn4)ccc3)c3ccccc32)c([2H])c1[2H].[Pt]. The van der Waals surface area contributed by atoms with E-state index in [-0.39, 0.29) is 49.0 Å². The summed E-state index contributed by atoms with van der Waals surface area (Å²) in [6.45, 7) is 1.74. The normalized spacial score (nSPS) is 13.6. The maximum Gasteiger partial charge on any atom is 0.143 e. The molecule has 0 aliphatic carbocycles. The summed E-state index contributed by atoms with van der Waals surface area (Å²) in [5.74, 6) is 2.53. The van der Waals surface area contributed by atoms with Gasteiger partial charge in [0, 0.05) is 106 Å². The summed E-state index contributed by atoms with van der Waals surface area (Å²) < 4.78 is 107. The van der Waals surface area contributed by atoms with Crippen LogP contribution in [0.15, 0.2) is 297 Å². The van der Waals surface area contributed by atoms with Crippen LogP contribution in [-0.4, -0.2) is 14.1 Å². The number of nitrogens with zero attached hydrogens (tertiary/aromatic N) is 5. The fraction of sp³-hybridized carbons (Fsp3) is 0. The van der Waals surface area contributed by atoms with Crippen molar-refractivity contribution in [3.63, 3.8) is 0 Å². The number of hydrogen-bond acceptors (Lipinski definition) is 5. The molecule has 12 aromatic carbocycles. The van der Waals surface area contributed by atoms with Gasteiger partial charge >= 0.3 is 0 Å². The van der Waals surface area contributed by atoms with Crippen molar-refractivity contribution in [1.29, 1.82) is 0 Å². The first-order valence-electron chi connectivity index (χ1n) is 32.7. The minimum Gasteiger partial charge on any atom is -0.509 e. The fourth-order valence-electron chi connectivity index (χ4n) is 11.8. The monoisotopic (exact) mass is 1290 g/mol. The molecule has 0 bridgehead atoms. The van der Waals surface area contributed by atoms with Crippen LogP contribution in [0.1, 0.15) is 13.7 Å². The molecule has 0 atom stereocenters. The molecule has 8 heteroatoms. The molecule has 0 amide bonds. The Balaban J connectivity index is 0.00000756. The van der Waals surface area contributed by atoms with Gasteiger partial charge < -0.3 is 28.4 Å². The number of aromatic nitrogens is 3. The van der Waals surface area contributed by atoms with Crippen LogP contribution in [0.2, 0.25) is 0 Å². The fourth-order valence-corrected chi connectivity index (χ4v) is 11.8. The Morgan fingerprint density at radius 3 is 1.62 bits per heavy atom. The molecule has 0 saturated heterocycles. The van der Waals surface area contributed by atoms with Gasteiger partial charge in [0.25, 0.3) is 0 Å². The molecular weight excluding hydrogens is 1230 g/mol. The average molecular weight is 1290 g/mol. The second kappa shape index (κ2) is 22.1. The zero-order chi connectivity index (χ0) is 64.9. The molecule has 0 radical (unpaired) electrons. The molecule has 1 aliphatic heterocycles. The van der Waals surface area contributed by atoms with Gasteiger partial charge in [-0.05, 0) is 76.2 Å². The van der Waals surface area contributed by atoms with Crippen LogP contribution in [0.4, 0.5) is 22.7 Å². The topological polar surface area (TPSA) is 47.7 Å². The molecule has 3 aromatic heterocycles. The van der Waals surface area contributed by atoms with E-state index in [0.717, 1.165) is 66.0 Å². The van der Waals surface area contributed by atoms with Crippen molar-refractivity contribution >= 4 is 66.4 Å². The first-order valence-corrected chi connectivity index (χ1v) is 27.7. The molecule has 86 heavy (non-hydrogen) atoms. The van der Waals surface area contributed by atoms with Gasteiger partial charge in [-0.1, -0.05) is 212 Å². The van der Waals surface area contributed by atoms with Crippen molar-refractivity contribution in [1.82, 2.24) is 14.1 Å². The van der Waals surface area contributed by atoms with Gasteiger partial charge in [0.05, 0.1) is 24.7 Å². The van der Waals surface area contributed by atoms with Crippen LogP contribution >= 0.6 is 0 Å². The molecule has 412 valence electrons. The summed E-state index contributed by atoms with van der Waals surface area (Å²) in [5, 5.41) is 4.13. The zero-order valence-electron chi connectivity index (χ0n) is 55.5. The number of benzene rings is 12. The number of para-hydroxylation sites is 6. The summed E-state index contributed by atoms with van der Waals surface area (Å²) in [6, 6.07) is 77.2. The third-order valence-corrected chi connectivity index (χ3v) is 15.5.